The first-order chi connectivity index (χ1) is 10.5. The van der Waals surface area contributed by atoms with Crippen LogP contribution in [0.3, 0.4) is 0 Å². The monoisotopic (exact) mass is 350 g/mol. The molecule has 1 aromatic rings. The second-order valence-corrected chi connectivity index (χ2v) is 13.1. The summed E-state index contributed by atoms with van der Waals surface area (Å²) in [5.74, 6) is 2.26. The van der Waals surface area contributed by atoms with E-state index in [0.717, 1.165) is 0 Å². The van der Waals surface area contributed by atoms with Crippen molar-refractivity contribution in [2.75, 3.05) is 0 Å². The number of hydrogen-bond acceptors (Lipinski definition) is 1. The molecule has 2 nitrogen and oxygen atoms in total. The molecule has 0 fully saturated rings. The number of carbonyl (C=O) groups is 1. The number of aromatic carboxylic acids is 1. The van der Waals surface area contributed by atoms with Crippen LogP contribution in [-0.4, -0.2) is 19.1 Å². The molecule has 1 N–H and O–H groups in total. The van der Waals surface area contributed by atoms with Gasteiger partial charge in [0.2, 0.25) is 0 Å². The van der Waals surface area contributed by atoms with Gasteiger partial charge >= 0.3 is 5.97 Å². The molecule has 0 aliphatic carbocycles. The number of halogens is 1. The maximum Gasteiger partial charge on any atom is 0.337 e. The molecule has 0 radical (unpaired) electrons. The molecule has 0 aliphatic heterocycles. The highest BCUT2D eigenvalue weighted by Crippen LogP contribution is 2.40. The van der Waals surface area contributed by atoms with Crippen LogP contribution in [0.2, 0.25) is 21.6 Å². The van der Waals surface area contributed by atoms with Crippen LogP contribution in [0.4, 0.5) is 0 Å². The Balaban J connectivity index is 3.59. The molecule has 0 unspecified atom stereocenters. The largest absolute Gasteiger partial charge is 0.478 e. The van der Waals surface area contributed by atoms with Crippen LogP contribution >= 0.6 is 11.6 Å². The molecule has 0 spiro atoms. The summed E-state index contributed by atoms with van der Waals surface area (Å²) in [4.78, 5) is 11.6. The van der Waals surface area contributed by atoms with Crippen molar-refractivity contribution in [1.29, 1.82) is 0 Å². The summed E-state index contributed by atoms with van der Waals surface area (Å²) >= 11 is 6.12. The lowest BCUT2D eigenvalue weighted by molar-refractivity contribution is 0.0696. The first kappa shape index (κ1) is 19.8. The van der Waals surface area contributed by atoms with Gasteiger partial charge in [0.25, 0.3) is 0 Å². The molecular weight excluding hydrogens is 324 g/mol. The van der Waals surface area contributed by atoms with Gasteiger partial charge in [-0.05, 0) is 41.2 Å². The summed E-state index contributed by atoms with van der Waals surface area (Å²) in [7, 11) is -1.90. The van der Waals surface area contributed by atoms with E-state index < -0.39 is 14.0 Å². The van der Waals surface area contributed by atoms with E-state index in [4.69, 9.17) is 11.6 Å². The SMILES string of the molecule is Cc1cc(Cl)cc(C#C[Si](C(C)C)(C(C)C)C(C)C)c1C(=O)O. The molecule has 4 heteroatoms. The number of hydrogen-bond donors (Lipinski definition) is 1. The van der Waals surface area contributed by atoms with Crippen LogP contribution in [0.1, 0.15) is 63.0 Å². The highest BCUT2D eigenvalue weighted by Gasteiger charge is 2.41. The second kappa shape index (κ2) is 7.55. The number of carboxylic acids is 1. The Morgan fingerprint density at radius 3 is 1.96 bits per heavy atom. The fourth-order valence-corrected chi connectivity index (χ4v) is 9.22. The molecule has 1 rings (SSSR count). The van der Waals surface area contributed by atoms with E-state index in [2.05, 4.69) is 53.0 Å². The van der Waals surface area contributed by atoms with Crippen molar-refractivity contribution in [2.45, 2.75) is 65.1 Å². The quantitative estimate of drug-likeness (QED) is 0.540. The molecule has 0 atom stereocenters. The van der Waals surface area contributed by atoms with Crippen molar-refractivity contribution >= 4 is 25.6 Å². The Bertz CT molecular complexity index is 630. The lowest BCUT2D eigenvalue weighted by atomic mass is 10.0. The Hall–Kier alpha value is -1.24. The van der Waals surface area contributed by atoms with Gasteiger partial charge in [0, 0.05) is 10.6 Å². The van der Waals surface area contributed by atoms with Crippen LogP contribution in [0.5, 0.6) is 0 Å². The molecule has 0 heterocycles. The second-order valence-electron chi connectivity index (χ2n) is 7.10. The lowest BCUT2D eigenvalue weighted by Gasteiger charge is -2.38. The van der Waals surface area contributed by atoms with Gasteiger partial charge in [-0.15, -0.1) is 5.54 Å². The van der Waals surface area contributed by atoms with Gasteiger partial charge in [-0.1, -0.05) is 59.1 Å². The first-order valence-electron chi connectivity index (χ1n) is 8.10. The number of carboxylic acid groups (broad SMARTS) is 1. The third kappa shape index (κ3) is 3.99. The lowest BCUT2D eigenvalue weighted by Crippen LogP contribution is -2.43. The van der Waals surface area contributed by atoms with Crippen LogP contribution in [0.15, 0.2) is 12.1 Å². The molecule has 0 bridgehead atoms. The van der Waals surface area contributed by atoms with Crippen LogP contribution in [-0.2, 0) is 0 Å². The predicted molar refractivity (Wildman–Crippen MR) is 101 cm³/mol. The predicted octanol–water partition coefficient (Wildman–Crippen LogP) is 5.92. The molecule has 0 saturated carbocycles. The fourth-order valence-electron chi connectivity index (χ4n) is 3.73. The Kier molecular flexibility index (Phi) is 6.50. The average molecular weight is 351 g/mol. The van der Waals surface area contributed by atoms with Crippen LogP contribution in [0.25, 0.3) is 0 Å². The van der Waals surface area contributed by atoms with Crippen molar-refractivity contribution in [2.24, 2.45) is 0 Å². The third-order valence-corrected chi connectivity index (χ3v) is 11.3. The summed E-state index contributed by atoms with van der Waals surface area (Å²) in [6, 6.07) is 3.35. The smallest absolute Gasteiger partial charge is 0.337 e. The zero-order valence-electron chi connectivity index (χ0n) is 15.1. The summed E-state index contributed by atoms with van der Waals surface area (Å²) in [5, 5.41) is 10.0. The van der Waals surface area contributed by atoms with E-state index in [1.54, 1.807) is 19.1 Å². The van der Waals surface area contributed by atoms with E-state index >= 15 is 0 Å². The molecule has 126 valence electrons. The fraction of sp³-hybridized carbons (Fsp3) is 0.526. The zero-order chi connectivity index (χ0) is 17.9. The van der Waals surface area contributed by atoms with Crippen molar-refractivity contribution in [3.8, 4) is 11.5 Å². The first-order valence-corrected chi connectivity index (χ1v) is 10.7. The van der Waals surface area contributed by atoms with E-state index in [0.29, 0.717) is 32.8 Å². The molecule has 0 saturated heterocycles. The summed E-state index contributed by atoms with van der Waals surface area (Å²) in [5.41, 5.74) is 6.52. The van der Waals surface area contributed by atoms with Crippen LogP contribution < -0.4 is 0 Å². The molecule has 0 amide bonds. The maximum atomic E-state index is 11.6. The highest BCUT2D eigenvalue weighted by atomic mass is 35.5. The average Bonchev–Trinajstić information content (AvgIpc) is 2.36. The van der Waals surface area contributed by atoms with Gasteiger partial charge in [-0.3, -0.25) is 0 Å². The molecule has 0 aliphatic rings. The minimum absolute atomic E-state index is 0.265. The van der Waals surface area contributed by atoms with Gasteiger partial charge in [-0.2, -0.15) is 0 Å². The minimum atomic E-state index is -1.90. The van der Waals surface area contributed by atoms with Crippen LogP contribution in [0, 0.1) is 18.4 Å². The normalized spacial score (nSPS) is 11.8. The van der Waals surface area contributed by atoms with Crippen molar-refractivity contribution in [3.05, 3.63) is 33.8 Å². The van der Waals surface area contributed by atoms with Gasteiger partial charge < -0.3 is 5.11 Å². The maximum absolute atomic E-state index is 11.6. The van der Waals surface area contributed by atoms with Crippen molar-refractivity contribution in [1.82, 2.24) is 0 Å². The van der Waals surface area contributed by atoms with Crippen molar-refractivity contribution < 1.29 is 9.90 Å². The number of benzene rings is 1. The summed E-state index contributed by atoms with van der Waals surface area (Å²) < 4.78 is 0. The zero-order valence-corrected chi connectivity index (χ0v) is 16.9. The van der Waals surface area contributed by atoms with Gasteiger partial charge in [0.15, 0.2) is 0 Å². The topological polar surface area (TPSA) is 37.3 Å². The Morgan fingerprint density at radius 2 is 1.57 bits per heavy atom. The molecule has 23 heavy (non-hydrogen) atoms. The minimum Gasteiger partial charge on any atom is -0.478 e. The van der Waals surface area contributed by atoms with E-state index in [9.17, 15) is 9.90 Å². The number of aryl methyl sites for hydroxylation is 1. The summed E-state index contributed by atoms with van der Waals surface area (Å²) in [6.07, 6.45) is 0. The standard InChI is InChI=1S/C19H27ClO2Si/c1-12(2)23(13(3)4,14(5)6)9-8-16-11-17(20)10-15(7)18(16)19(21)22/h10-14H,1-7H3,(H,21,22). The number of rotatable bonds is 4. The van der Waals surface area contributed by atoms with Gasteiger partial charge in [-0.25, -0.2) is 4.79 Å². The molecule has 0 aromatic heterocycles. The highest BCUT2D eigenvalue weighted by molar-refractivity contribution is 6.90. The summed E-state index contributed by atoms with van der Waals surface area (Å²) in [6.45, 7) is 15.2. The third-order valence-electron chi connectivity index (χ3n) is 4.79. The Morgan fingerprint density at radius 1 is 1.09 bits per heavy atom. The van der Waals surface area contributed by atoms with Crippen molar-refractivity contribution in [3.63, 3.8) is 0 Å². The molecule has 1 aromatic carbocycles. The molecular formula is C19H27ClO2Si. The Labute approximate surface area is 146 Å². The van der Waals surface area contributed by atoms with Gasteiger partial charge in [0.1, 0.15) is 8.07 Å². The van der Waals surface area contributed by atoms with E-state index in [-0.39, 0.29) is 5.56 Å². The van der Waals surface area contributed by atoms with Gasteiger partial charge in [0.05, 0.1) is 5.56 Å². The van der Waals surface area contributed by atoms with E-state index in [1.807, 2.05) is 0 Å². The van der Waals surface area contributed by atoms with E-state index in [1.165, 1.54) is 0 Å².